The highest BCUT2D eigenvalue weighted by atomic mass is 32.2. The highest BCUT2D eigenvalue weighted by molar-refractivity contribution is 7.99. The monoisotopic (exact) mass is 251 g/mol. The van der Waals surface area contributed by atoms with Crippen molar-refractivity contribution >= 4 is 18.0 Å². The van der Waals surface area contributed by atoms with Gasteiger partial charge in [0.1, 0.15) is 0 Å². The van der Waals surface area contributed by atoms with E-state index in [0.717, 1.165) is 47.7 Å². The number of benzene rings is 1. The molecule has 1 rings (SSSR count). The first-order chi connectivity index (χ1) is 8.21. The third-order valence-corrected chi connectivity index (χ3v) is 3.92. The van der Waals surface area contributed by atoms with Crippen molar-refractivity contribution in [2.75, 3.05) is 25.4 Å². The molecule has 0 spiro atoms. The van der Waals surface area contributed by atoms with Gasteiger partial charge in [-0.1, -0.05) is 25.5 Å². The third-order valence-electron chi connectivity index (χ3n) is 2.85. The zero-order chi connectivity index (χ0) is 12.7. The van der Waals surface area contributed by atoms with Crippen LogP contribution in [0.3, 0.4) is 0 Å². The molecule has 0 heterocycles. The summed E-state index contributed by atoms with van der Waals surface area (Å²) in [4.78, 5) is 14.5. The van der Waals surface area contributed by atoms with Crippen LogP contribution in [0.1, 0.15) is 29.8 Å². The van der Waals surface area contributed by atoms with E-state index in [1.165, 1.54) is 0 Å². The van der Waals surface area contributed by atoms with Gasteiger partial charge in [0.05, 0.1) is 0 Å². The van der Waals surface area contributed by atoms with Crippen molar-refractivity contribution < 1.29 is 4.79 Å². The zero-order valence-corrected chi connectivity index (χ0v) is 11.7. The molecular formula is C14H21NOS. The van der Waals surface area contributed by atoms with Gasteiger partial charge in [0.15, 0.2) is 6.29 Å². The van der Waals surface area contributed by atoms with Crippen LogP contribution in [-0.2, 0) is 0 Å². The predicted molar refractivity (Wildman–Crippen MR) is 75.1 cm³/mol. The van der Waals surface area contributed by atoms with Crippen LogP contribution in [0.25, 0.3) is 0 Å². The molecule has 0 aromatic heterocycles. The van der Waals surface area contributed by atoms with E-state index in [1.807, 2.05) is 19.1 Å². The summed E-state index contributed by atoms with van der Waals surface area (Å²) in [6.07, 6.45) is 0.951. The van der Waals surface area contributed by atoms with Crippen LogP contribution in [0.5, 0.6) is 0 Å². The highest BCUT2D eigenvalue weighted by Crippen LogP contribution is 2.22. The number of carbonyl (C=O) groups excluding carboxylic acids is 1. The number of hydrogen-bond acceptors (Lipinski definition) is 3. The van der Waals surface area contributed by atoms with Gasteiger partial charge in [-0.05, 0) is 32.1 Å². The fraction of sp³-hybridized carbons (Fsp3) is 0.500. The molecule has 17 heavy (non-hydrogen) atoms. The van der Waals surface area contributed by atoms with Crippen molar-refractivity contribution in [3.05, 3.63) is 29.3 Å². The average Bonchev–Trinajstić information content (AvgIpc) is 2.36. The van der Waals surface area contributed by atoms with Crippen LogP contribution >= 0.6 is 11.8 Å². The van der Waals surface area contributed by atoms with Gasteiger partial charge in [0.25, 0.3) is 0 Å². The maximum atomic E-state index is 11.0. The molecule has 0 aliphatic carbocycles. The number of carbonyl (C=O) groups is 1. The van der Waals surface area contributed by atoms with Gasteiger partial charge in [0.2, 0.25) is 0 Å². The smallest absolute Gasteiger partial charge is 0.151 e. The van der Waals surface area contributed by atoms with E-state index in [0.29, 0.717) is 0 Å². The molecule has 1 aromatic rings. The first-order valence-corrected chi connectivity index (χ1v) is 7.10. The lowest BCUT2D eigenvalue weighted by atomic mass is 10.2. The summed E-state index contributed by atoms with van der Waals surface area (Å²) in [6.45, 7) is 9.62. The predicted octanol–water partition coefficient (Wildman–Crippen LogP) is 3.24. The maximum absolute atomic E-state index is 11.0. The van der Waals surface area contributed by atoms with Crippen LogP contribution in [-0.4, -0.2) is 36.6 Å². The Labute approximate surface area is 108 Å². The minimum Gasteiger partial charge on any atom is -0.303 e. The topological polar surface area (TPSA) is 20.3 Å². The Bertz CT molecular complexity index is 361. The summed E-state index contributed by atoms with van der Waals surface area (Å²) in [7, 11) is 0. The molecule has 0 aliphatic rings. The van der Waals surface area contributed by atoms with Crippen LogP contribution < -0.4 is 0 Å². The standard InChI is InChI=1S/C14H21NOS/c1-4-15(5-2)8-9-17-14-7-6-12(3)10-13(14)11-16/h6-7,10-11H,4-5,8-9H2,1-3H3. The van der Waals surface area contributed by atoms with Crippen LogP contribution in [0.2, 0.25) is 0 Å². The van der Waals surface area contributed by atoms with Gasteiger partial charge in [0, 0.05) is 22.8 Å². The first kappa shape index (κ1) is 14.3. The Kier molecular flexibility index (Phi) is 6.30. The fourth-order valence-electron chi connectivity index (χ4n) is 1.72. The number of nitrogens with zero attached hydrogens (tertiary/aromatic N) is 1. The Morgan fingerprint density at radius 1 is 1.29 bits per heavy atom. The van der Waals surface area contributed by atoms with Crippen molar-refractivity contribution in [3.63, 3.8) is 0 Å². The summed E-state index contributed by atoms with van der Waals surface area (Å²) < 4.78 is 0. The van der Waals surface area contributed by atoms with E-state index < -0.39 is 0 Å². The quantitative estimate of drug-likeness (QED) is 0.548. The van der Waals surface area contributed by atoms with E-state index in [2.05, 4.69) is 24.8 Å². The van der Waals surface area contributed by atoms with Crippen molar-refractivity contribution in [2.24, 2.45) is 0 Å². The first-order valence-electron chi connectivity index (χ1n) is 6.12. The molecule has 0 bridgehead atoms. The van der Waals surface area contributed by atoms with E-state index in [4.69, 9.17) is 0 Å². The van der Waals surface area contributed by atoms with Crippen LogP contribution in [0.4, 0.5) is 0 Å². The second kappa shape index (κ2) is 7.51. The van der Waals surface area contributed by atoms with Gasteiger partial charge in [-0.3, -0.25) is 4.79 Å². The lowest BCUT2D eigenvalue weighted by molar-refractivity contribution is 0.112. The number of hydrogen-bond donors (Lipinski definition) is 0. The maximum Gasteiger partial charge on any atom is 0.151 e. The Hall–Kier alpha value is -0.800. The Morgan fingerprint density at radius 2 is 2.00 bits per heavy atom. The molecule has 2 nitrogen and oxygen atoms in total. The average molecular weight is 251 g/mol. The van der Waals surface area contributed by atoms with Gasteiger partial charge in [-0.2, -0.15) is 0 Å². The van der Waals surface area contributed by atoms with E-state index in [9.17, 15) is 4.79 Å². The molecule has 0 amide bonds. The molecule has 0 saturated heterocycles. The van der Waals surface area contributed by atoms with Gasteiger partial charge >= 0.3 is 0 Å². The summed E-state index contributed by atoms with van der Waals surface area (Å²) in [5, 5.41) is 0. The molecule has 0 radical (unpaired) electrons. The fourth-order valence-corrected chi connectivity index (χ4v) is 2.72. The minimum absolute atomic E-state index is 0.814. The Balaban J connectivity index is 2.54. The van der Waals surface area contributed by atoms with Gasteiger partial charge < -0.3 is 4.90 Å². The van der Waals surface area contributed by atoms with E-state index in [1.54, 1.807) is 11.8 Å². The molecule has 0 saturated carbocycles. The summed E-state index contributed by atoms with van der Waals surface area (Å²) in [5.41, 5.74) is 1.95. The highest BCUT2D eigenvalue weighted by Gasteiger charge is 2.04. The van der Waals surface area contributed by atoms with Crippen molar-refractivity contribution in [3.8, 4) is 0 Å². The molecule has 0 aliphatic heterocycles. The number of aryl methyl sites for hydroxylation is 1. The third kappa shape index (κ3) is 4.52. The van der Waals surface area contributed by atoms with E-state index >= 15 is 0 Å². The molecule has 1 aromatic carbocycles. The summed E-state index contributed by atoms with van der Waals surface area (Å²) in [5.74, 6) is 1.03. The molecule has 94 valence electrons. The second-order valence-electron chi connectivity index (χ2n) is 4.03. The zero-order valence-electron chi connectivity index (χ0n) is 10.9. The van der Waals surface area contributed by atoms with Crippen molar-refractivity contribution in [2.45, 2.75) is 25.7 Å². The molecule has 0 atom stereocenters. The molecule has 0 unspecified atom stereocenters. The van der Waals surface area contributed by atoms with Gasteiger partial charge in [-0.25, -0.2) is 0 Å². The summed E-state index contributed by atoms with van der Waals surface area (Å²) >= 11 is 1.77. The van der Waals surface area contributed by atoms with E-state index in [-0.39, 0.29) is 0 Å². The van der Waals surface area contributed by atoms with Crippen LogP contribution in [0.15, 0.2) is 23.1 Å². The normalized spacial score (nSPS) is 10.8. The Morgan fingerprint density at radius 3 is 2.59 bits per heavy atom. The molecular weight excluding hydrogens is 230 g/mol. The van der Waals surface area contributed by atoms with Crippen molar-refractivity contribution in [1.82, 2.24) is 4.90 Å². The molecule has 3 heteroatoms. The largest absolute Gasteiger partial charge is 0.303 e. The number of aldehydes is 1. The number of rotatable bonds is 7. The van der Waals surface area contributed by atoms with Crippen molar-refractivity contribution in [1.29, 1.82) is 0 Å². The van der Waals surface area contributed by atoms with Crippen LogP contribution in [0, 0.1) is 6.92 Å². The number of thioether (sulfide) groups is 1. The van der Waals surface area contributed by atoms with Gasteiger partial charge in [-0.15, -0.1) is 11.8 Å². The lowest BCUT2D eigenvalue weighted by Crippen LogP contribution is -2.25. The summed E-state index contributed by atoms with van der Waals surface area (Å²) in [6, 6.07) is 6.06. The molecule has 0 fully saturated rings. The second-order valence-corrected chi connectivity index (χ2v) is 5.17. The minimum atomic E-state index is 0.814. The SMILES string of the molecule is CCN(CC)CCSc1ccc(C)cc1C=O. The molecule has 0 N–H and O–H groups in total. The lowest BCUT2D eigenvalue weighted by Gasteiger charge is -2.17.